The molecule has 0 saturated carbocycles. The van der Waals surface area contributed by atoms with Crippen molar-refractivity contribution in [1.29, 1.82) is 0 Å². The van der Waals surface area contributed by atoms with Gasteiger partial charge < -0.3 is 10.0 Å². The van der Waals surface area contributed by atoms with Gasteiger partial charge in [-0.3, -0.25) is 4.79 Å². The quantitative estimate of drug-likeness (QED) is 0.923. The molecule has 1 aromatic carbocycles. The van der Waals surface area contributed by atoms with E-state index in [-0.39, 0.29) is 0 Å². The molecular formula is C18H25NO2. The largest absolute Gasteiger partial charge is 0.481 e. The van der Waals surface area contributed by atoms with Gasteiger partial charge in [0.1, 0.15) is 0 Å². The lowest BCUT2D eigenvalue weighted by Crippen LogP contribution is -2.39. The number of aryl methyl sites for hydroxylation is 1. The highest BCUT2D eigenvalue weighted by Crippen LogP contribution is 2.33. The number of benzene rings is 1. The topological polar surface area (TPSA) is 40.5 Å². The van der Waals surface area contributed by atoms with Crippen LogP contribution < -0.4 is 0 Å². The molecule has 1 saturated heterocycles. The van der Waals surface area contributed by atoms with E-state index in [0.717, 1.165) is 32.5 Å². The van der Waals surface area contributed by atoms with Crippen molar-refractivity contribution >= 4 is 5.97 Å². The standard InChI is InChI=1S/C18H25NO2/c20-18(21)11-14-5-4-10-19(12-14)13-16-8-3-7-15-6-1-2-9-17(15)16/h1-2,6,9,14,16H,3-5,7-8,10-13H2,(H,20,21). The summed E-state index contributed by atoms with van der Waals surface area (Å²) in [5.41, 5.74) is 3.05. The van der Waals surface area contributed by atoms with E-state index in [1.54, 1.807) is 0 Å². The van der Waals surface area contributed by atoms with Gasteiger partial charge in [-0.15, -0.1) is 0 Å². The number of likely N-dealkylation sites (tertiary alicyclic amines) is 1. The molecule has 0 spiro atoms. The summed E-state index contributed by atoms with van der Waals surface area (Å²) < 4.78 is 0. The van der Waals surface area contributed by atoms with Gasteiger partial charge in [-0.1, -0.05) is 24.3 Å². The fraction of sp³-hybridized carbons (Fsp3) is 0.611. The number of fused-ring (bicyclic) bond motifs is 1. The lowest BCUT2D eigenvalue weighted by Gasteiger charge is -2.36. The highest BCUT2D eigenvalue weighted by Gasteiger charge is 2.26. The summed E-state index contributed by atoms with van der Waals surface area (Å²) in [5, 5.41) is 8.99. The molecule has 1 aromatic rings. The predicted molar refractivity (Wildman–Crippen MR) is 83.5 cm³/mol. The van der Waals surface area contributed by atoms with Crippen LogP contribution in [0.4, 0.5) is 0 Å². The zero-order valence-corrected chi connectivity index (χ0v) is 12.6. The molecule has 2 atom stereocenters. The van der Waals surface area contributed by atoms with Gasteiger partial charge in [0.15, 0.2) is 0 Å². The average molecular weight is 287 g/mol. The summed E-state index contributed by atoms with van der Waals surface area (Å²) in [6, 6.07) is 8.86. The molecule has 0 bridgehead atoms. The Morgan fingerprint density at radius 3 is 2.95 bits per heavy atom. The molecule has 114 valence electrons. The maximum absolute atomic E-state index is 10.9. The van der Waals surface area contributed by atoms with Crippen molar-refractivity contribution in [3.8, 4) is 0 Å². The van der Waals surface area contributed by atoms with Crippen LogP contribution in [0.5, 0.6) is 0 Å². The summed E-state index contributed by atoms with van der Waals surface area (Å²) in [7, 11) is 0. The predicted octanol–water partition coefficient (Wildman–Crippen LogP) is 3.29. The average Bonchev–Trinajstić information content (AvgIpc) is 2.47. The summed E-state index contributed by atoms with van der Waals surface area (Å²) in [4.78, 5) is 13.4. The van der Waals surface area contributed by atoms with Crippen LogP contribution in [0.15, 0.2) is 24.3 Å². The van der Waals surface area contributed by atoms with Gasteiger partial charge in [-0.25, -0.2) is 0 Å². The second kappa shape index (κ2) is 6.61. The van der Waals surface area contributed by atoms with E-state index < -0.39 is 5.97 Å². The van der Waals surface area contributed by atoms with Gasteiger partial charge in [0.2, 0.25) is 0 Å². The monoisotopic (exact) mass is 287 g/mol. The number of piperidine rings is 1. The van der Waals surface area contributed by atoms with Crippen molar-refractivity contribution in [3.05, 3.63) is 35.4 Å². The number of hydrogen-bond donors (Lipinski definition) is 1. The number of hydrogen-bond acceptors (Lipinski definition) is 2. The number of nitrogens with zero attached hydrogens (tertiary/aromatic N) is 1. The Balaban J connectivity index is 1.63. The number of carboxylic acids is 1. The van der Waals surface area contributed by atoms with Crippen molar-refractivity contribution in [2.24, 2.45) is 5.92 Å². The van der Waals surface area contributed by atoms with Gasteiger partial charge >= 0.3 is 5.97 Å². The molecule has 0 radical (unpaired) electrons. The SMILES string of the molecule is O=C(O)CC1CCCN(CC2CCCc3ccccc32)C1. The van der Waals surface area contributed by atoms with E-state index in [2.05, 4.69) is 29.2 Å². The third kappa shape index (κ3) is 3.65. The Hall–Kier alpha value is -1.35. The zero-order chi connectivity index (χ0) is 14.7. The molecule has 1 N–H and O–H groups in total. The number of carboxylic acid groups (broad SMARTS) is 1. The summed E-state index contributed by atoms with van der Waals surface area (Å²) in [6.07, 6.45) is 6.33. The van der Waals surface area contributed by atoms with Crippen molar-refractivity contribution in [1.82, 2.24) is 4.90 Å². The third-order valence-electron chi connectivity index (χ3n) is 5.04. The molecule has 3 heteroatoms. The van der Waals surface area contributed by atoms with E-state index in [1.165, 1.54) is 30.4 Å². The minimum atomic E-state index is -0.648. The highest BCUT2D eigenvalue weighted by atomic mass is 16.4. The van der Waals surface area contributed by atoms with Crippen molar-refractivity contribution in [2.45, 2.75) is 44.4 Å². The molecule has 2 aliphatic rings. The molecule has 1 aliphatic carbocycles. The molecule has 0 amide bonds. The van der Waals surface area contributed by atoms with Crippen LogP contribution in [-0.4, -0.2) is 35.6 Å². The van der Waals surface area contributed by atoms with Crippen LogP contribution in [0.1, 0.15) is 49.1 Å². The van der Waals surface area contributed by atoms with Gasteiger partial charge in [-0.05, 0) is 61.6 Å². The Kier molecular flexibility index (Phi) is 4.59. The Bertz CT molecular complexity index is 500. The van der Waals surface area contributed by atoms with Crippen LogP contribution >= 0.6 is 0 Å². The van der Waals surface area contributed by atoms with Gasteiger partial charge in [0.05, 0.1) is 0 Å². The van der Waals surface area contributed by atoms with E-state index in [0.29, 0.717) is 18.3 Å². The summed E-state index contributed by atoms with van der Waals surface area (Å²) >= 11 is 0. The second-order valence-corrected chi connectivity index (χ2v) is 6.65. The summed E-state index contributed by atoms with van der Waals surface area (Å²) in [5.74, 6) is 0.332. The van der Waals surface area contributed by atoms with Crippen LogP contribution in [0, 0.1) is 5.92 Å². The normalized spacial score (nSPS) is 26.3. The maximum atomic E-state index is 10.9. The van der Waals surface area contributed by atoms with Gasteiger partial charge in [0.25, 0.3) is 0 Å². The van der Waals surface area contributed by atoms with E-state index in [1.807, 2.05) is 0 Å². The first-order valence-electron chi connectivity index (χ1n) is 8.24. The first-order valence-corrected chi connectivity index (χ1v) is 8.24. The van der Waals surface area contributed by atoms with Crippen molar-refractivity contribution < 1.29 is 9.90 Å². The fourth-order valence-electron chi connectivity index (χ4n) is 4.09. The zero-order valence-electron chi connectivity index (χ0n) is 12.6. The van der Waals surface area contributed by atoms with Crippen molar-refractivity contribution in [2.75, 3.05) is 19.6 Å². The smallest absolute Gasteiger partial charge is 0.303 e. The Morgan fingerprint density at radius 1 is 1.24 bits per heavy atom. The minimum Gasteiger partial charge on any atom is -0.481 e. The lowest BCUT2D eigenvalue weighted by molar-refractivity contribution is -0.138. The number of rotatable bonds is 4. The van der Waals surface area contributed by atoms with Crippen LogP contribution in [0.3, 0.4) is 0 Å². The second-order valence-electron chi connectivity index (χ2n) is 6.65. The maximum Gasteiger partial charge on any atom is 0.303 e. The van der Waals surface area contributed by atoms with Gasteiger partial charge in [-0.2, -0.15) is 0 Å². The Labute approximate surface area is 127 Å². The van der Waals surface area contributed by atoms with E-state index in [4.69, 9.17) is 5.11 Å². The third-order valence-corrected chi connectivity index (χ3v) is 5.04. The minimum absolute atomic E-state index is 0.331. The first kappa shape index (κ1) is 14.6. The molecule has 1 heterocycles. The number of aliphatic carboxylic acids is 1. The van der Waals surface area contributed by atoms with Crippen LogP contribution in [0.25, 0.3) is 0 Å². The molecule has 3 nitrogen and oxygen atoms in total. The first-order chi connectivity index (χ1) is 10.2. The molecular weight excluding hydrogens is 262 g/mol. The van der Waals surface area contributed by atoms with Crippen LogP contribution in [-0.2, 0) is 11.2 Å². The molecule has 3 rings (SSSR count). The molecule has 1 aliphatic heterocycles. The van der Waals surface area contributed by atoms with E-state index >= 15 is 0 Å². The summed E-state index contributed by atoms with van der Waals surface area (Å²) in [6.45, 7) is 3.20. The highest BCUT2D eigenvalue weighted by molar-refractivity contribution is 5.67. The molecule has 2 unspecified atom stereocenters. The lowest BCUT2D eigenvalue weighted by atomic mass is 9.82. The Morgan fingerprint density at radius 2 is 2.10 bits per heavy atom. The fourth-order valence-corrected chi connectivity index (χ4v) is 4.09. The number of carbonyl (C=O) groups is 1. The van der Waals surface area contributed by atoms with Gasteiger partial charge in [0, 0.05) is 19.5 Å². The molecule has 21 heavy (non-hydrogen) atoms. The van der Waals surface area contributed by atoms with Crippen molar-refractivity contribution in [3.63, 3.8) is 0 Å². The van der Waals surface area contributed by atoms with Crippen LogP contribution in [0.2, 0.25) is 0 Å². The molecule has 0 aromatic heterocycles. The molecule has 1 fully saturated rings. The van der Waals surface area contributed by atoms with E-state index in [9.17, 15) is 4.79 Å².